The molecule has 0 unspecified atom stereocenters. The van der Waals surface area contributed by atoms with Gasteiger partial charge in [0.05, 0.1) is 0 Å². The third kappa shape index (κ3) is 4.61. The molecule has 24 heavy (non-hydrogen) atoms. The normalized spacial score (nSPS) is 21.1. The van der Waals surface area contributed by atoms with E-state index >= 15 is 0 Å². The van der Waals surface area contributed by atoms with E-state index in [1.807, 2.05) is 12.1 Å². The van der Waals surface area contributed by atoms with Crippen LogP contribution in [-0.4, -0.2) is 24.5 Å². The molecule has 2 nitrogen and oxygen atoms in total. The summed E-state index contributed by atoms with van der Waals surface area (Å²) in [5.41, 5.74) is 9.59. The molecule has 2 aromatic rings. The Morgan fingerprint density at radius 3 is 2.25 bits per heavy atom. The van der Waals surface area contributed by atoms with Gasteiger partial charge in [-0.15, -0.1) is 0 Å². The average Bonchev–Trinajstić information content (AvgIpc) is 2.63. The van der Waals surface area contributed by atoms with E-state index in [4.69, 9.17) is 5.73 Å². The molecule has 0 atom stereocenters. The van der Waals surface area contributed by atoms with Gasteiger partial charge in [-0.05, 0) is 81.3 Å². The summed E-state index contributed by atoms with van der Waals surface area (Å²) in [6, 6.07) is 20.1. The lowest BCUT2D eigenvalue weighted by Gasteiger charge is -2.35. The lowest BCUT2D eigenvalue weighted by atomic mass is 9.81. The topological polar surface area (TPSA) is 29.3 Å². The largest absolute Gasteiger partial charge is 0.399 e. The molecule has 0 aliphatic heterocycles. The van der Waals surface area contributed by atoms with Crippen molar-refractivity contribution in [2.24, 2.45) is 0 Å². The third-order valence-electron chi connectivity index (χ3n) is 5.55. The highest BCUT2D eigenvalue weighted by Crippen LogP contribution is 2.34. The Hall–Kier alpha value is -1.80. The summed E-state index contributed by atoms with van der Waals surface area (Å²) in [5.74, 6) is 0.722. The molecule has 2 aromatic carbocycles. The molecule has 0 spiro atoms. The Morgan fingerprint density at radius 1 is 0.917 bits per heavy atom. The molecule has 0 heterocycles. The monoisotopic (exact) mass is 322 g/mol. The first-order valence-electron chi connectivity index (χ1n) is 9.32. The van der Waals surface area contributed by atoms with Crippen LogP contribution in [0.4, 0.5) is 5.69 Å². The van der Waals surface area contributed by atoms with Crippen LogP contribution >= 0.6 is 0 Å². The second-order valence-electron chi connectivity index (χ2n) is 7.24. The van der Waals surface area contributed by atoms with E-state index in [1.54, 1.807) is 0 Å². The summed E-state index contributed by atoms with van der Waals surface area (Å²) in [6.45, 7) is 1.20. The van der Waals surface area contributed by atoms with Crippen LogP contribution in [0.1, 0.15) is 49.1 Å². The van der Waals surface area contributed by atoms with Gasteiger partial charge in [0.1, 0.15) is 0 Å². The standard InChI is InChI=1S/C22H30N2/c1-24(17-5-8-18-6-3-2-4-7-18)22-15-11-20(12-16-22)19-9-13-21(23)14-10-19/h2-4,6-7,9-10,13-14,20,22H,5,8,11-12,15-17,23H2,1H3/t20-,22-. The van der Waals surface area contributed by atoms with E-state index in [-0.39, 0.29) is 0 Å². The highest BCUT2D eigenvalue weighted by atomic mass is 15.1. The van der Waals surface area contributed by atoms with Gasteiger partial charge in [-0.25, -0.2) is 0 Å². The van der Waals surface area contributed by atoms with Gasteiger partial charge in [-0.2, -0.15) is 0 Å². The second kappa shape index (κ2) is 8.34. The van der Waals surface area contributed by atoms with Gasteiger partial charge in [0.2, 0.25) is 0 Å². The minimum Gasteiger partial charge on any atom is -0.399 e. The van der Waals surface area contributed by atoms with Crippen molar-refractivity contribution in [1.82, 2.24) is 4.90 Å². The van der Waals surface area contributed by atoms with Crippen molar-refractivity contribution >= 4 is 5.69 Å². The van der Waals surface area contributed by atoms with E-state index < -0.39 is 0 Å². The van der Waals surface area contributed by atoms with Crippen molar-refractivity contribution in [3.63, 3.8) is 0 Å². The van der Waals surface area contributed by atoms with Gasteiger partial charge in [0.25, 0.3) is 0 Å². The minimum absolute atomic E-state index is 0.722. The lowest BCUT2D eigenvalue weighted by molar-refractivity contribution is 0.181. The number of aryl methyl sites for hydroxylation is 1. The van der Waals surface area contributed by atoms with E-state index in [1.165, 1.54) is 56.2 Å². The molecule has 1 aliphatic carbocycles. The molecule has 2 heteroatoms. The maximum atomic E-state index is 5.80. The first kappa shape index (κ1) is 17.0. The summed E-state index contributed by atoms with van der Waals surface area (Å²) in [5, 5.41) is 0. The molecule has 2 N–H and O–H groups in total. The number of hydrogen-bond donors (Lipinski definition) is 1. The molecule has 1 fully saturated rings. The zero-order valence-electron chi connectivity index (χ0n) is 14.8. The van der Waals surface area contributed by atoms with Crippen molar-refractivity contribution < 1.29 is 0 Å². The van der Waals surface area contributed by atoms with Gasteiger partial charge >= 0.3 is 0 Å². The summed E-state index contributed by atoms with van der Waals surface area (Å²) in [6.07, 6.45) is 7.67. The van der Waals surface area contributed by atoms with Crippen LogP contribution in [0, 0.1) is 0 Å². The number of nitrogens with zero attached hydrogens (tertiary/aromatic N) is 1. The van der Waals surface area contributed by atoms with Crippen molar-refractivity contribution in [1.29, 1.82) is 0 Å². The Labute approximate surface area is 146 Å². The highest BCUT2D eigenvalue weighted by molar-refractivity contribution is 5.40. The van der Waals surface area contributed by atoms with Gasteiger partial charge in [-0.1, -0.05) is 42.5 Å². The predicted octanol–water partition coefficient (Wildman–Crippen LogP) is 4.86. The predicted molar refractivity (Wildman–Crippen MR) is 103 cm³/mol. The van der Waals surface area contributed by atoms with E-state index in [0.717, 1.165) is 17.6 Å². The fourth-order valence-electron chi connectivity index (χ4n) is 3.98. The van der Waals surface area contributed by atoms with Crippen LogP contribution < -0.4 is 5.73 Å². The van der Waals surface area contributed by atoms with Crippen LogP contribution in [0.3, 0.4) is 0 Å². The number of hydrogen-bond acceptors (Lipinski definition) is 2. The Kier molecular flexibility index (Phi) is 5.92. The van der Waals surface area contributed by atoms with Crippen LogP contribution in [0.5, 0.6) is 0 Å². The summed E-state index contributed by atoms with van der Waals surface area (Å²) < 4.78 is 0. The van der Waals surface area contributed by atoms with Crippen molar-refractivity contribution in [3.05, 3.63) is 65.7 Å². The summed E-state index contributed by atoms with van der Waals surface area (Å²) >= 11 is 0. The summed E-state index contributed by atoms with van der Waals surface area (Å²) in [4.78, 5) is 2.59. The molecule has 128 valence electrons. The number of nitrogens with two attached hydrogens (primary N) is 1. The van der Waals surface area contributed by atoms with Crippen molar-refractivity contribution in [2.45, 2.75) is 50.5 Å². The SMILES string of the molecule is CN(CCCc1ccccc1)[C@H]1CC[C@H](c2ccc(N)cc2)CC1. The molecule has 0 bridgehead atoms. The third-order valence-corrected chi connectivity index (χ3v) is 5.55. The van der Waals surface area contributed by atoms with Crippen molar-refractivity contribution in [2.75, 3.05) is 19.3 Å². The molecule has 0 radical (unpaired) electrons. The van der Waals surface area contributed by atoms with Crippen LogP contribution in [-0.2, 0) is 6.42 Å². The van der Waals surface area contributed by atoms with Gasteiger partial charge in [0.15, 0.2) is 0 Å². The van der Waals surface area contributed by atoms with E-state index in [2.05, 4.69) is 54.4 Å². The van der Waals surface area contributed by atoms with Crippen LogP contribution in [0.15, 0.2) is 54.6 Å². The van der Waals surface area contributed by atoms with E-state index in [0.29, 0.717) is 0 Å². The fraction of sp³-hybridized carbons (Fsp3) is 0.455. The average molecular weight is 322 g/mol. The molecule has 0 amide bonds. The Bertz CT molecular complexity index is 598. The summed E-state index contributed by atoms with van der Waals surface area (Å²) in [7, 11) is 2.30. The van der Waals surface area contributed by atoms with Gasteiger partial charge < -0.3 is 10.6 Å². The minimum atomic E-state index is 0.722. The molecule has 0 saturated heterocycles. The van der Waals surface area contributed by atoms with Crippen LogP contribution in [0.2, 0.25) is 0 Å². The first-order chi connectivity index (χ1) is 11.7. The molecule has 1 saturated carbocycles. The second-order valence-corrected chi connectivity index (χ2v) is 7.24. The maximum absolute atomic E-state index is 5.80. The number of nitrogen functional groups attached to an aromatic ring is 1. The quantitative estimate of drug-likeness (QED) is 0.770. The van der Waals surface area contributed by atoms with Gasteiger partial charge in [0, 0.05) is 11.7 Å². The number of anilines is 1. The van der Waals surface area contributed by atoms with Gasteiger partial charge in [-0.3, -0.25) is 0 Å². The molecule has 3 rings (SSSR count). The molecule has 1 aliphatic rings. The smallest absolute Gasteiger partial charge is 0.0314 e. The Balaban J connectivity index is 1.41. The lowest BCUT2D eigenvalue weighted by Crippen LogP contribution is -2.35. The van der Waals surface area contributed by atoms with Crippen molar-refractivity contribution in [3.8, 4) is 0 Å². The van der Waals surface area contributed by atoms with E-state index in [9.17, 15) is 0 Å². The Morgan fingerprint density at radius 2 is 1.58 bits per heavy atom. The molecule has 0 aromatic heterocycles. The molecular weight excluding hydrogens is 292 g/mol. The number of benzene rings is 2. The maximum Gasteiger partial charge on any atom is 0.0314 e. The zero-order chi connectivity index (χ0) is 16.8. The zero-order valence-corrected chi connectivity index (χ0v) is 14.8. The number of rotatable bonds is 6. The van der Waals surface area contributed by atoms with Crippen LogP contribution in [0.25, 0.3) is 0 Å². The highest BCUT2D eigenvalue weighted by Gasteiger charge is 2.24. The molecular formula is C22H30N2. The first-order valence-corrected chi connectivity index (χ1v) is 9.32. The fourth-order valence-corrected chi connectivity index (χ4v) is 3.98.